The summed E-state index contributed by atoms with van der Waals surface area (Å²) in [6.45, 7) is 2.20. The molecule has 0 saturated heterocycles. The van der Waals surface area contributed by atoms with Crippen molar-refractivity contribution in [3.8, 4) is 28.3 Å². The van der Waals surface area contributed by atoms with Gasteiger partial charge in [0, 0.05) is 62.5 Å². The van der Waals surface area contributed by atoms with E-state index in [0.29, 0.717) is 51.0 Å². The van der Waals surface area contributed by atoms with Gasteiger partial charge in [0.25, 0.3) is 5.91 Å². The van der Waals surface area contributed by atoms with E-state index in [9.17, 15) is 22.8 Å². The average Bonchev–Trinajstić information content (AvgIpc) is 2.96. The predicted molar refractivity (Wildman–Crippen MR) is 164 cm³/mol. The van der Waals surface area contributed by atoms with E-state index in [4.69, 9.17) is 32.9 Å². The fourth-order valence-corrected chi connectivity index (χ4v) is 4.94. The van der Waals surface area contributed by atoms with Gasteiger partial charge in [-0.3, -0.25) is 4.79 Å². The van der Waals surface area contributed by atoms with E-state index >= 15 is 0 Å². The van der Waals surface area contributed by atoms with Crippen molar-refractivity contribution in [2.75, 3.05) is 13.6 Å². The molecule has 1 aromatic heterocycles. The molecule has 6 nitrogen and oxygen atoms in total. The number of hydrogen-bond donors (Lipinski definition) is 1. The van der Waals surface area contributed by atoms with Gasteiger partial charge < -0.3 is 15.0 Å². The first-order valence-electron chi connectivity index (χ1n) is 13.0. The Morgan fingerprint density at radius 1 is 0.977 bits per heavy atom. The van der Waals surface area contributed by atoms with Gasteiger partial charge in [0.2, 0.25) is 5.88 Å². The number of halogens is 6. The van der Waals surface area contributed by atoms with Crippen molar-refractivity contribution in [2.24, 2.45) is 0 Å². The van der Waals surface area contributed by atoms with Crippen LogP contribution in [0.3, 0.4) is 0 Å². The lowest BCUT2D eigenvalue weighted by atomic mass is 9.97. The fourth-order valence-electron chi connectivity index (χ4n) is 4.17. The number of carbonyl (C=O) groups excluding carboxylic acids is 2. The lowest BCUT2D eigenvalue weighted by Gasteiger charge is -2.20. The summed E-state index contributed by atoms with van der Waals surface area (Å²) in [7, 11) is 1.59. The Labute approximate surface area is 264 Å². The Balaban J connectivity index is 1.79. The van der Waals surface area contributed by atoms with Crippen LogP contribution >= 0.6 is 39.1 Å². The number of nitrogens with one attached hydrogen (secondary N) is 1. The molecule has 1 heterocycles. The van der Waals surface area contributed by atoms with E-state index in [1.165, 1.54) is 4.90 Å². The van der Waals surface area contributed by atoms with Crippen molar-refractivity contribution >= 4 is 51.1 Å². The van der Waals surface area contributed by atoms with Crippen molar-refractivity contribution in [2.45, 2.75) is 26.1 Å². The fraction of sp³-hybridized carbons (Fsp3) is 0.194. The Morgan fingerprint density at radius 2 is 1.65 bits per heavy atom. The van der Waals surface area contributed by atoms with E-state index in [-0.39, 0.29) is 18.0 Å². The zero-order chi connectivity index (χ0) is 31.3. The normalized spacial score (nSPS) is 11.3. The number of carbonyl (C=O) groups is 2. The summed E-state index contributed by atoms with van der Waals surface area (Å²) in [4.78, 5) is 31.9. The highest BCUT2D eigenvalue weighted by atomic mass is 79.9. The number of nitrogens with zero attached hydrogens (tertiary/aromatic N) is 2. The van der Waals surface area contributed by atoms with Gasteiger partial charge in [-0.15, -0.1) is 0 Å². The van der Waals surface area contributed by atoms with Crippen molar-refractivity contribution in [1.82, 2.24) is 15.2 Å². The van der Waals surface area contributed by atoms with Gasteiger partial charge in [-0.25, -0.2) is 9.78 Å². The molecule has 4 aromatic rings. The molecule has 43 heavy (non-hydrogen) atoms. The molecule has 0 bridgehead atoms. The number of benzene rings is 3. The molecule has 0 saturated carbocycles. The van der Waals surface area contributed by atoms with Gasteiger partial charge in [-0.05, 0) is 61.0 Å². The SMILES string of the molecule is CCCN(C)C(=O)Oc1nc(-c2ccc(Br)cc2)c(-c2ccc(Cl)cc2Cl)cc1CNC(=O)c1ccc(C(F)(F)F)cc1. The first kappa shape index (κ1) is 32.3. The largest absolute Gasteiger partial charge is 0.416 e. The molecule has 0 spiro atoms. The van der Waals surface area contributed by atoms with Crippen LogP contribution in [0.1, 0.15) is 34.8 Å². The second-order valence-corrected chi connectivity index (χ2v) is 11.3. The number of alkyl halides is 3. The van der Waals surface area contributed by atoms with E-state index in [1.807, 2.05) is 31.2 Å². The van der Waals surface area contributed by atoms with Crippen LogP contribution in [0.4, 0.5) is 18.0 Å². The van der Waals surface area contributed by atoms with Crippen molar-refractivity contribution < 1.29 is 27.5 Å². The summed E-state index contributed by atoms with van der Waals surface area (Å²) >= 11 is 16.2. The Hall–Kier alpha value is -3.60. The first-order valence-corrected chi connectivity index (χ1v) is 14.6. The molecule has 4 rings (SSSR count). The molecule has 0 aliphatic carbocycles. The zero-order valence-corrected chi connectivity index (χ0v) is 26.0. The summed E-state index contributed by atoms with van der Waals surface area (Å²) in [5.41, 5.74) is 1.80. The van der Waals surface area contributed by atoms with E-state index in [2.05, 4.69) is 21.2 Å². The van der Waals surface area contributed by atoms with Crippen LogP contribution in [0.2, 0.25) is 10.0 Å². The number of aromatic nitrogens is 1. The second kappa shape index (κ2) is 13.8. The van der Waals surface area contributed by atoms with Gasteiger partial charge >= 0.3 is 12.3 Å². The molecule has 0 atom stereocenters. The minimum absolute atomic E-state index is 0.0228. The standard InChI is InChI=1S/C31H25BrCl2F3N3O3/c1-3-14-40(2)30(42)43-29-20(17-38-28(41)19-4-8-21(9-5-19)31(35,36)37)15-25(24-13-12-23(33)16-26(24)34)27(39-29)18-6-10-22(32)11-7-18/h4-13,15-16H,3,14,17H2,1-2H3,(H,38,41). The van der Waals surface area contributed by atoms with Crippen LogP contribution in [-0.2, 0) is 12.7 Å². The zero-order valence-electron chi connectivity index (χ0n) is 22.9. The smallest absolute Gasteiger partial charge is 0.391 e. The molecular weight excluding hydrogens is 670 g/mol. The summed E-state index contributed by atoms with van der Waals surface area (Å²) in [5.74, 6) is -0.676. The minimum atomic E-state index is -4.53. The summed E-state index contributed by atoms with van der Waals surface area (Å²) in [6.07, 6.45) is -4.48. The monoisotopic (exact) mass is 693 g/mol. The number of rotatable bonds is 8. The summed E-state index contributed by atoms with van der Waals surface area (Å²) in [6, 6.07) is 17.9. The van der Waals surface area contributed by atoms with Gasteiger partial charge in [0.1, 0.15) is 0 Å². The van der Waals surface area contributed by atoms with Gasteiger partial charge in [-0.2, -0.15) is 13.2 Å². The third-order valence-electron chi connectivity index (χ3n) is 6.37. The highest BCUT2D eigenvalue weighted by Crippen LogP contribution is 2.39. The number of amides is 2. The van der Waals surface area contributed by atoms with Gasteiger partial charge in [-0.1, -0.05) is 64.3 Å². The maximum atomic E-state index is 13.0. The lowest BCUT2D eigenvalue weighted by molar-refractivity contribution is -0.137. The van der Waals surface area contributed by atoms with E-state index in [0.717, 1.165) is 28.7 Å². The molecule has 2 amide bonds. The van der Waals surface area contributed by atoms with Crippen LogP contribution in [0.25, 0.3) is 22.4 Å². The second-order valence-electron chi connectivity index (χ2n) is 9.53. The maximum absolute atomic E-state index is 13.0. The van der Waals surface area contributed by atoms with Crippen molar-refractivity contribution in [1.29, 1.82) is 0 Å². The molecular formula is C31H25BrCl2F3N3O3. The molecule has 0 aliphatic heterocycles. The average molecular weight is 695 g/mol. The predicted octanol–water partition coefficient (Wildman–Crippen LogP) is 9.27. The van der Waals surface area contributed by atoms with E-state index < -0.39 is 23.7 Å². The summed E-state index contributed by atoms with van der Waals surface area (Å²) < 4.78 is 45.5. The van der Waals surface area contributed by atoms with Crippen molar-refractivity contribution in [3.05, 3.63) is 104 Å². The summed E-state index contributed by atoms with van der Waals surface area (Å²) in [5, 5.41) is 3.46. The number of ether oxygens (including phenoxy) is 1. The van der Waals surface area contributed by atoms with Crippen LogP contribution in [0.5, 0.6) is 5.88 Å². The van der Waals surface area contributed by atoms with Gasteiger partial charge in [0.05, 0.1) is 11.3 Å². The van der Waals surface area contributed by atoms with Crippen molar-refractivity contribution in [3.63, 3.8) is 0 Å². The van der Waals surface area contributed by atoms with Crippen LogP contribution < -0.4 is 10.1 Å². The Kier molecular flexibility index (Phi) is 10.4. The maximum Gasteiger partial charge on any atom is 0.416 e. The molecule has 0 fully saturated rings. The Bertz CT molecular complexity index is 1630. The van der Waals surface area contributed by atoms with Gasteiger partial charge in [0.15, 0.2) is 0 Å². The highest BCUT2D eigenvalue weighted by Gasteiger charge is 2.30. The molecule has 12 heteroatoms. The molecule has 0 aliphatic rings. The topological polar surface area (TPSA) is 71.5 Å². The highest BCUT2D eigenvalue weighted by molar-refractivity contribution is 9.10. The molecule has 224 valence electrons. The Morgan fingerprint density at radius 3 is 2.26 bits per heavy atom. The molecule has 0 unspecified atom stereocenters. The molecule has 0 radical (unpaired) electrons. The quantitative estimate of drug-likeness (QED) is 0.200. The van der Waals surface area contributed by atoms with E-state index in [1.54, 1.807) is 31.3 Å². The third-order valence-corrected chi connectivity index (χ3v) is 7.45. The number of pyridine rings is 1. The minimum Gasteiger partial charge on any atom is -0.391 e. The van der Waals surface area contributed by atoms with Crippen LogP contribution in [0.15, 0.2) is 77.3 Å². The lowest BCUT2D eigenvalue weighted by Crippen LogP contribution is -2.31. The first-order chi connectivity index (χ1) is 20.4. The van der Waals surface area contributed by atoms with Crippen LogP contribution in [0, 0.1) is 0 Å². The number of hydrogen-bond acceptors (Lipinski definition) is 4. The van der Waals surface area contributed by atoms with Crippen LogP contribution in [-0.4, -0.2) is 35.5 Å². The molecule has 1 N–H and O–H groups in total. The third kappa shape index (κ3) is 8.07. The molecule has 3 aromatic carbocycles.